The van der Waals surface area contributed by atoms with Gasteiger partial charge in [0.2, 0.25) is 0 Å². The van der Waals surface area contributed by atoms with Crippen LogP contribution in [0.2, 0.25) is 0 Å². The van der Waals surface area contributed by atoms with Crippen LogP contribution in [0.15, 0.2) is 22.2 Å². The van der Waals surface area contributed by atoms with E-state index in [4.69, 9.17) is 23.2 Å². The van der Waals surface area contributed by atoms with Gasteiger partial charge in [-0.25, -0.2) is 10.2 Å². The summed E-state index contributed by atoms with van der Waals surface area (Å²) in [5.74, 6) is 0. The number of urea groups is 1. The zero-order chi connectivity index (χ0) is 19.4. The molecular weight excluding hydrogens is 363 g/mol. The van der Waals surface area contributed by atoms with Crippen LogP contribution < -0.4 is 10.7 Å². The molecule has 6 nitrogen and oxygen atoms in total. The van der Waals surface area contributed by atoms with Crippen molar-refractivity contribution >= 4 is 29.2 Å². The van der Waals surface area contributed by atoms with Crippen LogP contribution in [-0.2, 0) is 0 Å². The Labute approximate surface area is 160 Å². The number of aliphatic hydroxyl groups is 1. The van der Waals surface area contributed by atoms with Crippen LogP contribution in [0, 0.1) is 5.41 Å². The quantitative estimate of drug-likeness (QED) is 0.479. The molecule has 144 valence electrons. The topological polar surface area (TPSA) is 67.8 Å². The predicted molar refractivity (Wildman–Crippen MR) is 104 cm³/mol. The van der Waals surface area contributed by atoms with Gasteiger partial charge in [0, 0.05) is 24.0 Å². The number of amides is 2. The third-order valence-electron chi connectivity index (χ3n) is 4.80. The lowest BCUT2D eigenvalue weighted by molar-refractivity contribution is -0.0285. The summed E-state index contributed by atoms with van der Waals surface area (Å²) < 4.78 is 0. The first-order valence-electron chi connectivity index (χ1n) is 8.35. The minimum absolute atomic E-state index is 0.00423. The molecule has 1 saturated heterocycles. The van der Waals surface area contributed by atoms with E-state index in [9.17, 15) is 9.90 Å². The second kappa shape index (κ2) is 9.24. The lowest BCUT2D eigenvalue weighted by Crippen LogP contribution is -2.64. The number of hydrazine groups is 1. The number of allylic oxidation sites excluding steroid dienone is 1. The number of halogens is 2. The lowest BCUT2D eigenvalue weighted by Gasteiger charge is -2.48. The molecule has 0 spiro atoms. The van der Waals surface area contributed by atoms with E-state index in [0.29, 0.717) is 22.2 Å². The van der Waals surface area contributed by atoms with Crippen LogP contribution in [0.3, 0.4) is 0 Å². The molecule has 0 aromatic carbocycles. The van der Waals surface area contributed by atoms with Gasteiger partial charge in [-0.15, -0.1) is 0 Å². The molecule has 1 rings (SSSR count). The van der Waals surface area contributed by atoms with Gasteiger partial charge in [0.05, 0.1) is 23.7 Å². The third kappa shape index (κ3) is 5.34. The van der Waals surface area contributed by atoms with Gasteiger partial charge in [0.25, 0.3) is 0 Å². The zero-order valence-corrected chi connectivity index (χ0v) is 17.2. The predicted octanol–water partition coefficient (Wildman–Crippen LogP) is 2.49. The molecule has 0 bridgehead atoms. The average molecular weight is 393 g/mol. The maximum atomic E-state index is 12.8. The third-order valence-corrected chi connectivity index (χ3v) is 5.61. The average Bonchev–Trinajstić information content (AvgIpc) is 2.55. The van der Waals surface area contributed by atoms with Crippen molar-refractivity contribution in [3.8, 4) is 0 Å². The number of carbonyl (C=O) groups excluding carboxylic acids is 1. The van der Waals surface area contributed by atoms with E-state index in [1.54, 1.807) is 25.9 Å². The highest BCUT2D eigenvalue weighted by atomic mass is 35.5. The molecule has 1 heterocycles. The molecular formula is C17H30Cl2N4O2. The molecule has 3 unspecified atom stereocenters. The van der Waals surface area contributed by atoms with Gasteiger partial charge in [0.1, 0.15) is 0 Å². The Morgan fingerprint density at radius 1 is 1.52 bits per heavy atom. The Bertz CT molecular complexity index is 537. The van der Waals surface area contributed by atoms with Crippen molar-refractivity contribution in [2.75, 3.05) is 33.8 Å². The largest absolute Gasteiger partial charge is 0.396 e. The smallest absolute Gasteiger partial charge is 0.332 e. The lowest BCUT2D eigenvalue weighted by atomic mass is 9.77. The van der Waals surface area contributed by atoms with Gasteiger partial charge in [-0.05, 0) is 39.4 Å². The molecule has 1 aliphatic rings. The summed E-state index contributed by atoms with van der Waals surface area (Å²) in [5.41, 5.74) is 3.09. The van der Waals surface area contributed by atoms with Gasteiger partial charge in [0.15, 0.2) is 0 Å². The van der Waals surface area contributed by atoms with Gasteiger partial charge < -0.3 is 15.3 Å². The van der Waals surface area contributed by atoms with Crippen molar-refractivity contribution in [1.82, 2.24) is 20.7 Å². The Morgan fingerprint density at radius 2 is 2.12 bits per heavy atom. The van der Waals surface area contributed by atoms with Gasteiger partial charge in [-0.1, -0.05) is 36.7 Å². The molecule has 3 atom stereocenters. The van der Waals surface area contributed by atoms with Crippen molar-refractivity contribution in [3.05, 3.63) is 22.2 Å². The first-order valence-corrected chi connectivity index (χ1v) is 9.10. The van der Waals surface area contributed by atoms with Crippen LogP contribution in [0.1, 0.15) is 27.2 Å². The summed E-state index contributed by atoms with van der Waals surface area (Å²) >= 11 is 12.0. The number of carbonyl (C=O) groups is 1. The van der Waals surface area contributed by atoms with E-state index < -0.39 is 5.41 Å². The van der Waals surface area contributed by atoms with Gasteiger partial charge >= 0.3 is 6.03 Å². The van der Waals surface area contributed by atoms with Gasteiger partial charge in [-0.3, -0.25) is 5.01 Å². The van der Waals surface area contributed by atoms with Crippen molar-refractivity contribution in [2.45, 2.75) is 39.3 Å². The molecule has 0 saturated carbocycles. The Balaban J connectivity index is 2.90. The summed E-state index contributed by atoms with van der Waals surface area (Å²) in [6.07, 6.45) is 0.762. The highest BCUT2D eigenvalue weighted by Crippen LogP contribution is 2.32. The number of likely N-dealkylation sites (tertiary alicyclic amines) is 1. The highest BCUT2D eigenvalue weighted by Gasteiger charge is 2.43. The minimum atomic E-state index is -0.419. The molecule has 0 aromatic heterocycles. The van der Waals surface area contributed by atoms with E-state index in [2.05, 4.69) is 22.2 Å². The maximum Gasteiger partial charge on any atom is 0.332 e. The highest BCUT2D eigenvalue weighted by molar-refractivity contribution is 6.40. The first-order chi connectivity index (χ1) is 11.6. The molecule has 3 N–H and O–H groups in total. The minimum Gasteiger partial charge on any atom is -0.396 e. The molecule has 1 aliphatic heterocycles. The monoisotopic (exact) mass is 392 g/mol. The van der Waals surface area contributed by atoms with Crippen molar-refractivity contribution < 1.29 is 9.90 Å². The van der Waals surface area contributed by atoms with Crippen molar-refractivity contribution in [2.24, 2.45) is 5.41 Å². The second-order valence-electron chi connectivity index (χ2n) is 6.99. The van der Waals surface area contributed by atoms with E-state index in [0.717, 1.165) is 13.0 Å². The fourth-order valence-corrected chi connectivity index (χ4v) is 3.53. The number of nitrogens with zero attached hydrogens (tertiary/aromatic N) is 2. The van der Waals surface area contributed by atoms with Crippen LogP contribution in [0.4, 0.5) is 4.79 Å². The standard InChI is InChI=1S/C17H30Cl2N4O2/c1-11(15(19)12(2)18)13(3)21-16(25)23(20-5)14-7-8-22(6)9-17(14,4)10-24/h13-14,20,24H,1,7-10H2,2-6H3,(H,21,25). The van der Waals surface area contributed by atoms with E-state index in [1.165, 1.54) is 0 Å². The molecule has 0 aromatic rings. The molecule has 8 heteroatoms. The summed E-state index contributed by atoms with van der Waals surface area (Å²) in [6, 6.07) is -0.807. The summed E-state index contributed by atoms with van der Waals surface area (Å²) in [6.45, 7) is 10.9. The Kier molecular flexibility index (Phi) is 8.22. The van der Waals surface area contributed by atoms with Crippen LogP contribution in [0.5, 0.6) is 0 Å². The van der Waals surface area contributed by atoms with E-state index in [1.807, 2.05) is 14.0 Å². The van der Waals surface area contributed by atoms with Crippen LogP contribution in [0.25, 0.3) is 0 Å². The Hall–Kier alpha value is -0.790. The van der Waals surface area contributed by atoms with Gasteiger partial charge in [-0.2, -0.15) is 0 Å². The van der Waals surface area contributed by atoms with Crippen LogP contribution in [-0.4, -0.2) is 66.9 Å². The van der Waals surface area contributed by atoms with Crippen LogP contribution >= 0.6 is 23.2 Å². The Morgan fingerprint density at radius 3 is 2.60 bits per heavy atom. The normalized spacial score (nSPS) is 26.6. The summed E-state index contributed by atoms with van der Waals surface area (Å²) in [7, 11) is 3.72. The molecule has 0 radical (unpaired) electrons. The zero-order valence-electron chi connectivity index (χ0n) is 15.7. The van der Waals surface area contributed by atoms with Crippen molar-refractivity contribution in [1.29, 1.82) is 0 Å². The molecule has 2 amide bonds. The van der Waals surface area contributed by atoms with E-state index >= 15 is 0 Å². The fourth-order valence-electron chi connectivity index (χ4n) is 3.24. The number of piperidine rings is 1. The molecule has 25 heavy (non-hydrogen) atoms. The second-order valence-corrected chi connectivity index (χ2v) is 7.94. The van der Waals surface area contributed by atoms with Crippen molar-refractivity contribution in [3.63, 3.8) is 0 Å². The number of hydrogen-bond donors (Lipinski definition) is 3. The number of aliphatic hydroxyl groups excluding tert-OH is 1. The SMILES string of the molecule is C=C(C(Cl)=C(C)Cl)C(C)NC(=O)N(NC)C1CCN(C)CC1(C)CO. The number of nitrogens with one attached hydrogen (secondary N) is 2. The summed E-state index contributed by atoms with van der Waals surface area (Å²) in [4.78, 5) is 15.0. The number of hydrogen-bond acceptors (Lipinski definition) is 4. The first kappa shape index (κ1) is 22.3. The van der Waals surface area contributed by atoms with E-state index in [-0.39, 0.29) is 24.7 Å². The summed E-state index contributed by atoms with van der Waals surface area (Å²) in [5, 5.41) is 15.1. The number of rotatable bonds is 6. The fraction of sp³-hybridized carbons (Fsp3) is 0.706. The molecule has 1 fully saturated rings. The molecule has 0 aliphatic carbocycles. The maximum absolute atomic E-state index is 12.8.